The number of carbonyl (C=O) groups is 4. The maximum Gasteiger partial charge on any atom is 0.405 e. The smallest absolute Gasteiger partial charge is 0.405 e. The molecule has 131 heavy (non-hydrogen) atoms. The van der Waals surface area contributed by atoms with Gasteiger partial charge in [-0.15, -0.1) is 0 Å². The molecule has 4 aliphatic heterocycles. The van der Waals surface area contributed by atoms with Gasteiger partial charge in [-0.25, -0.2) is 58.7 Å². The van der Waals surface area contributed by atoms with Gasteiger partial charge < -0.3 is 26.0 Å². The number of aryl methyl sites for hydroxylation is 4. The highest BCUT2D eigenvalue weighted by Gasteiger charge is 2.42. The van der Waals surface area contributed by atoms with Crippen LogP contribution in [0.5, 0.6) is 5.75 Å². The van der Waals surface area contributed by atoms with Gasteiger partial charge in [0.1, 0.15) is 31.9 Å². The average Bonchev–Trinajstić information content (AvgIpc) is 1.66. The van der Waals surface area contributed by atoms with E-state index >= 15 is 0 Å². The van der Waals surface area contributed by atoms with Crippen LogP contribution in [0.15, 0.2) is 225 Å². The van der Waals surface area contributed by atoms with Crippen molar-refractivity contribution in [1.29, 1.82) is 0 Å². The van der Waals surface area contributed by atoms with Crippen LogP contribution in [0, 0.1) is 27.7 Å². The summed E-state index contributed by atoms with van der Waals surface area (Å²) in [5.74, 6) is 1.22. The Balaban J connectivity index is 0.000000134. The van der Waals surface area contributed by atoms with Crippen molar-refractivity contribution in [3.05, 3.63) is 285 Å². The number of anilines is 16. The number of halogens is 14. The van der Waals surface area contributed by atoms with Gasteiger partial charge in [-0.3, -0.25) is 24.6 Å². The summed E-state index contributed by atoms with van der Waals surface area (Å²) in [5, 5.41) is 10.1. The van der Waals surface area contributed by atoms with E-state index in [0.717, 1.165) is 51.7 Å². The number of rotatable bonds is 18. The number of amides is 8. The van der Waals surface area contributed by atoms with Gasteiger partial charge in [0.15, 0.2) is 23.3 Å². The first-order valence-electron chi connectivity index (χ1n) is 40.4. The number of nitrogens with one attached hydrogen (secondary N) is 4. The molecule has 9 heterocycles. The Labute approximate surface area is 750 Å². The summed E-state index contributed by atoms with van der Waals surface area (Å²) < 4.78 is 157. The van der Waals surface area contributed by atoms with E-state index in [2.05, 4.69) is 66.1 Å². The Kier molecular flexibility index (Phi) is 26.4. The van der Waals surface area contributed by atoms with Gasteiger partial charge in [-0.1, -0.05) is 112 Å². The molecule has 0 spiro atoms. The molecule has 18 rings (SSSR count). The molecule has 1 saturated carbocycles. The van der Waals surface area contributed by atoms with E-state index < -0.39 is 62.9 Å². The molecule has 5 aliphatic rings. The zero-order valence-electron chi connectivity index (χ0n) is 69.9. The molecule has 40 heteroatoms. The second-order valence-corrected chi connectivity index (χ2v) is 31.6. The van der Waals surface area contributed by atoms with E-state index in [1.807, 2.05) is 161 Å². The number of fused-ring (bicyclic) bond motifs is 5. The molecule has 0 saturated heterocycles. The molecule has 4 N–H and O–H groups in total. The molecule has 8 amide bonds. The molecule has 0 atom stereocenters. The van der Waals surface area contributed by atoms with Crippen molar-refractivity contribution in [3.63, 3.8) is 0 Å². The quantitative estimate of drug-likeness (QED) is 0.0582. The highest BCUT2D eigenvalue weighted by atomic mass is 35.5. The van der Waals surface area contributed by atoms with Crippen LogP contribution in [0.3, 0.4) is 0 Å². The van der Waals surface area contributed by atoms with Crippen LogP contribution < -0.4 is 65.2 Å². The standard InChI is InChI=1S/C24H19F3N6O2.C24H22F3N5O.C22H20F3N5O.C21H16Cl2F3N5O/c1-35-19-7-4-17(5-8-19)33-21-16(12-29-22(31-21)30-14-24(25,26)27)13-32(23(33)34)18-6-9-20-15(11-18)3-2-10-28-20;1-15-2-8-19(9-3-15)31-13-18-12-28-22(29-14-24(25,26)27)30-21(18)32(23(31)33)20-10-6-17(7-11-20)16-4-5-16;1-14-3-7-17(8-4-14)29-12-16-11-26-20(27-13-22(23,24)25)28-19(16)30(21(29)31)18-9-5-15(2)6-10-18;1-12-2-4-14(5-3-12)30-10-13-9-27-19(28-11-21(24,25)26)29-18(13)31(20(30)32)15-6-7-16(22)17(23)8-15/h2-12H,13-14H2,1H3,(H,29,30,31);2-3,6-12,16H,4-5,13-14H2,1H3,(H,28,29,30);3-11H,12-13H2,1-2H3,(H,26,27,28);2-9H,10-11H2,1H3,(H,27,28,29). The molecule has 1 fully saturated rings. The fourth-order valence-electron chi connectivity index (χ4n) is 14.2. The number of hydrogen-bond acceptors (Lipinski definition) is 18. The van der Waals surface area contributed by atoms with E-state index in [4.69, 9.17) is 27.9 Å². The Bertz CT molecular complexity index is 6370. The van der Waals surface area contributed by atoms with E-state index in [1.54, 1.807) is 69.4 Å². The SMILES string of the molecule is COc1ccc(N2C(=O)N(c3ccc4ncccc4c3)Cc3cnc(NCC(F)(F)F)nc32)cc1.Cc1ccc(N2Cc3cnc(NCC(F)(F)F)nc3N(c3ccc(C)cc3)C2=O)cc1.Cc1ccc(N2Cc3cnc(NCC(F)(F)F)nc3N(c3ccc(C4CC4)cc3)C2=O)cc1.Cc1ccc(N2Cc3cnc(NCC(F)(F)F)nc3N(c3ccc(Cl)c(Cl)c3)C2=O)cc1. The molecule has 26 nitrogen and oxygen atoms in total. The van der Waals surface area contributed by atoms with Gasteiger partial charge in [0.2, 0.25) is 23.8 Å². The summed E-state index contributed by atoms with van der Waals surface area (Å²) >= 11 is 12.2. The van der Waals surface area contributed by atoms with Crippen LogP contribution >= 0.6 is 23.2 Å². The van der Waals surface area contributed by atoms with Crippen LogP contribution in [0.25, 0.3) is 10.9 Å². The van der Waals surface area contributed by atoms with Crippen molar-refractivity contribution >= 4 is 151 Å². The van der Waals surface area contributed by atoms with E-state index in [9.17, 15) is 71.9 Å². The zero-order valence-corrected chi connectivity index (χ0v) is 71.5. The fraction of sp³-hybridized carbons (Fsp3) is 0.220. The zero-order chi connectivity index (χ0) is 93.0. The average molecular weight is 1840 g/mol. The van der Waals surface area contributed by atoms with E-state index in [1.165, 1.54) is 74.1 Å². The number of carbonyl (C=O) groups excluding carboxylic acids is 4. The topological polar surface area (TPSA) is 268 Å². The van der Waals surface area contributed by atoms with Gasteiger partial charge in [-0.05, 0) is 179 Å². The maximum atomic E-state index is 13.8. The Morgan fingerprint density at radius 3 is 0.969 bits per heavy atom. The largest absolute Gasteiger partial charge is 0.497 e. The van der Waals surface area contributed by atoms with Gasteiger partial charge in [0, 0.05) is 81.4 Å². The molecule has 8 aromatic carbocycles. The van der Waals surface area contributed by atoms with Crippen LogP contribution in [0.4, 0.5) is 164 Å². The Hall–Kier alpha value is -14.7. The molecule has 1 aliphatic carbocycles. The summed E-state index contributed by atoms with van der Waals surface area (Å²) in [5.41, 5.74) is 13.3. The number of benzene rings is 8. The predicted octanol–water partition coefficient (Wildman–Crippen LogP) is 22.9. The summed E-state index contributed by atoms with van der Waals surface area (Å²) in [6.07, 6.45) is -7.93. The molecular formula is C91H77Cl2F12N21O5. The first kappa shape index (κ1) is 91.1. The second-order valence-electron chi connectivity index (χ2n) is 30.7. The number of hydrogen-bond donors (Lipinski definition) is 4. The van der Waals surface area contributed by atoms with Crippen LogP contribution in [-0.2, 0) is 26.2 Å². The van der Waals surface area contributed by atoms with Gasteiger partial charge >= 0.3 is 48.8 Å². The molecule has 5 aromatic heterocycles. The molecular weight excluding hydrogens is 1770 g/mol. The minimum absolute atomic E-state index is 0.145. The summed E-state index contributed by atoms with van der Waals surface area (Å²) in [6.45, 7) is 3.38. The maximum absolute atomic E-state index is 13.8. The van der Waals surface area contributed by atoms with Gasteiger partial charge in [0.25, 0.3) is 0 Å². The Morgan fingerprint density at radius 1 is 0.351 bits per heavy atom. The van der Waals surface area contributed by atoms with Crippen molar-refractivity contribution in [2.45, 2.75) is 97.3 Å². The third-order valence-corrected chi connectivity index (χ3v) is 21.7. The lowest BCUT2D eigenvalue weighted by atomic mass is 10.1. The third kappa shape index (κ3) is 22.0. The van der Waals surface area contributed by atoms with Gasteiger partial charge in [0.05, 0.1) is 71.6 Å². The van der Waals surface area contributed by atoms with Crippen molar-refractivity contribution in [3.8, 4) is 5.75 Å². The second kappa shape index (κ2) is 37.9. The fourth-order valence-corrected chi connectivity index (χ4v) is 14.5. The number of ether oxygens (including phenoxy) is 1. The van der Waals surface area contributed by atoms with Crippen molar-refractivity contribution < 1.29 is 76.6 Å². The number of urea groups is 4. The molecule has 13 aromatic rings. The van der Waals surface area contributed by atoms with E-state index in [0.29, 0.717) is 78.8 Å². The first-order chi connectivity index (χ1) is 62.4. The van der Waals surface area contributed by atoms with Gasteiger partial charge in [-0.2, -0.15) is 72.6 Å². The summed E-state index contributed by atoms with van der Waals surface area (Å²) in [4.78, 5) is 104. The number of aromatic nitrogens is 9. The Morgan fingerprint density at radius 2 is 0.649 bits per heavy atom. The molecule has 0 bridgehead atoms. The lowest BCUT2D eigenvalue weighted by molar-refractivity contribution is -0.116. The van der Waals surface area contributed by atoms with Crippen molar-refractivity contribution in [1.82, 2.24) is 44.9 Å². The highest BCUT2D eigenvalue weighted by molar-refractivity contribution is 6.42. The minimum atomic E-state index is -4.44. The molecule has 0 radical (unpaired) electrons. The number of methoxy groups -OCH3 is 1. The summed E-state index contributed by atoms with van der Waals surface area (Å²) in [7, 11) is 1.53. The monoisotopic (exact) mass is 1840 g/mol. The van der Waals surface area contributed by atoms with Crippen LogP contribution in [-0.4, -0.2) is 127 Å². The summed E-state index contributed by atoms with van der Waals surface area (Å²) in [6, 6.07) is 56.5. The minimum Gasteiger partial charge on any atom is -0.497 e. The normalized spacial score (nSPS) is 14.4. The number of pyridine rings is 1. The van der Waals surface area contributed by atoms with Crippen molar-refractivity contribution in [2.75, 3.05) is 93.8 Å². The van der Waals surface area contributed by atoms with E-state index in [-0.39, 0.29) is 90.3 Å². The number of alkyl halides is 12. The lowest BCUT2D eigenvalue weighted by Gasteiger charge is -2.36. The molecule has 674 valence electrons. The lowest BCUT2D eigenvalue weighted by Crippen LogP contribution is -2.45. The highest BCUT2D eigenvalue weighted by Crippen LogP contribution is 2.45. The number of nitrogens with zero attached hydrogens (tertiary/aromatic N) is 17. The van der Waals surface area contributed by atoms with Crippen LogP contribution in [0.2, 0.25) is 10.0 Å². The predicted molar refractivity (Wildman–Crippen MR) is 476 cm³/mol. The first-order valence-corrected chi connectivity index (χ1v) is 41.1. The van der Waals surface area contributed by atoms with Crippen molar-refractivity contribution in [2.24, 2.45) is 0 Å². The molecule has 0 unspecified atom stereocenters. The van der Waals surface area contributed by atoms with Crippen LogP contribution in [0.1, 0.15) is 68.8 Å². The third-order valence-electron chi connectivity index (χ3n) is 20.9.